The maximum Gasteiger partial charge on any atom is 0.241 e. The fraction of sp³-hybridized carbons (Fsp3) is 0.188. The number of nitriles is 1. The number of para-hydroxylation sites is 1. The maximum absolute atomic E-state index is 12.5. The number of hydrogen-bond donors (Lipinski definition) is 1. The molecule has 0 saturated heterocycles. The van der Waals surface area contributed by atoms with E-state index >= 15 is 0 Å². The molecule has 1 unspecified atom stereocenters. The van der Waals surface area contributed by atoms with Crippen LogP contribution < -0.4 is 9.46 Å². The average Bonchev–Trinajstić information content (AvgIpc) is 2.55. The molecule has 1 atom stereocenters. The summed E-state index contributed by atoms with van der Waals surface area (Å²) in [6.07, 6.45) is 0.564. The van der Waals surface area contributed by atoms with Crippen molar-refractivity contribution in [1.29, 1.82) is 5.26 Å². The number of benzene rings is 2. The van der Waals surface area contributed by atoms with Gasteiger partial charge >= 0.3 is 0 Å². The molecular formula is C16H14N2O3S. The second-order valence-electron chi connectivity index (χ2n) is 4.99. The summed E-state index contributed by atoms with van der Waals surface area (Å²) in [5.74, 6) is 0.701. The Morgan fingerprint density at radius 2 is 2.00 bits per heavy atom. The largest absolute Gasteiger partial charge is 0.493 e. The van der Waals surface area contributed by atoms with Crippen molar-refractivity contribution in [3.63, 3.8) is 0 Å². The fourth-order valence-electron chi connectivity index (χ4n) is 2.45. The van der Waals surface area contributed by atoms with Gasteiger partial charge in [0.05, 0.1) is 29.2 Å². The summed E-state index contributed by atoms with van der Waals surface area (Å²) in [6.45, 7) is 0.461. The van der Waals surface area contributed by atoms with Crippen LogP contribution in [0, 0.1) is 11.3 Å². The first-order chi connectivity index (χ1) is 10.6. The van der Waals surface area contributed by atoms with Crippen LogP contribution in [0.15, 0.2) is 53.4 Å². The molecule has 5 nitrogen and oxygen atoms in total. The van der Waals surface area contributed by atoms with Crippen molar-refractivity contribution in [3.05, 3.63) is 59.7 Å². The van der Waals surface area contributed by atoms with Crippen molar-refractivity contribution in [2.75, 3.05) is 6.61 Å². The number of nitrogens with one attached hydrogen (secondary N) is 1. The molecule has 0 aliphatic carbocycles. The van der Waals surface area contributed by atoms with Gasteiger partial charge in [-0.3, -0.25) is 0 Å². The minimum Gasteiger partial charge on any atom is -0.493 e. The number of hydrogen-bond acceptors (Lipinski definition) is 4. The Kier molecular flexibility index (Phi) is 3.84. The Labute approximate surface area is 129 Å². The number of rotatable bonds is 3. The van der Waals surface area contributed by atoms with E-state index in [9.17, 15) is 8.42 Å². The number of ether oxygens (including phenoxy) is 1. The van der Waals surface area contributed by atoms with Gasteiger partial charge in [0, 0.05) is 12.0 Å². The normalized spacial score (nSPS) is 17.1. The molecule has 2 aromatic carbocycles. The molecule has 0 spiro atoms. The molecule has 0 amide bonds. The van der Waals surface area contributed by atoms with Gasteiger partial charge in [-0.2, -0.15) is 5.26 Å². The van der Waals surface area contributed by atoms with Crippen molar-refractivity contribution < 1.29 is 13.2 Å². The van der Waals surface area contributed by atoms with E-state index in [0.717, 1.165) is 5.56 Å². The molecule has 1 aliphatic heterocycles. The molecule has 0 saturated carbocycles. The second kappa shape index (κ2) is 5.79. The summed E-state index contributed by atoms with van der Waals surface area (Å²) in [7, 11) is -3.69. The van der Waals surface area contributed by atoms with Gasteiger partial charge in [0.15, 0.2) is 0 Å². The monoisotopic (exact) mass is 314 g/mol. The summed E-state index contributed by atoms with van der Waals surface area (Å²) in [5.41, 5.74) is 1.14. The zero-order chi connectivity index (χ0) is 15.6. The Morgan fingerprint density at radius 1 is 1.18 bits per heavy atom. The highest BCUT2D eigenvalue weighted by molar-refractivity contribution is 7.89. The lowest BCUT2D eigenvalue weighted by molar-refractivity contribution is 0.263. The molecular weight excluding hydrogens is 300 g/mol. The zero-order valence-corrected chi connectivity index (χ0v) is 12.5. The van der Waals surface area contributed by atoms with E-state index in [-0.39, 0.29) is 10.9 Å². The molecule has 22 heavy (non-hydrogen) atoms. The highest BCUT2D eigenvalue weighted by Crippen LogP contribution is 2.32. The number of fused-ring (bicyclic) bond motifs is 1. The van der Waals surface area contributed by atoms with Gasteiger partial charge in [-0.05, 0) is 24.3 Å². The van der Waals surface area contributed by atoms with E-state index < -0.39 is 10.0 Å². The molecule has 3 rings (SSSR count). The standard InChI is InChI=1S/C16H14N2O3S/c17-11-12-4-3-5-13(10-12)22(19,20)18-15-8-9-21-16-7-2-1-6-14(15)16/h1-7,10,15,18H,8-9H2. The first-order valence-corrected chi connectivity index (χ1v) is 8.33. The molecule has 112 valence electrons. The van der Waals surface area contributed by atoms with Crippen LogP contribution in [0.2, 0.25) is 0 Å². The quantitative estimate of drug-likeness (QED) is 0.943. The Hall–Kier alpha value is -2.36. The fourth-order valence-corrected chi connectivity index (χ4v) is 3.75. The lowest BCUT2D eigenvalue weighted by Crippen LogP contribution is -2.32. The maximum atomic E-state index is 12.5. The van der Waals surface area contributed by atoms with E-state index in [2.05, 4.69) is 4.72 Å². The number of sulfonamides is 1. The summed E-state index contributed by atoms with van der Waals surface area (Å²) < 4.78 is 33.3. The second-order valence-corrected chi connectivity index (χ2v) is 6.70. The molecule has 0 aromatic heterocycles. The Balaban J connectivity index is 1.91. The van der Waals surface area contributed by atoms with Crippen LogP contribution in [-0.4, -0.2) is 15.0 Å². The van der Waals surface area contributed by atoms with Crippen molar-refractivity contribution in [2.45, 2.75) is 17.4 Å². The van der Waals surface area contributed by atoms with E-state index in [1.54, 1.807) is 12.1 Å². The third kappa shape index (κ3) is 2.82. The minimum absolute atomic E-state index is 0.0931. The van der Waals surface area contributed by atoms with Crippen molar-refractivity contribution in [2.24, 2.45) is 0 Å². The predicted octanol–water partition coefficient (Wildman–Crippen LogP) is 2.36. The summed E-state index contributed by atoms with van der Waals surface area (Å²) in [6, 6.07) is 15.0. The Bertz CT molecular complexity index is 840. The van der Waals surface area contributed by atoms with E-state index in [0.29, 0.717) is 24.3 Å². The van der Waals surface area contributed by atoms with E-state index in [1.807, 2.05) is 30.3 Å². The highest BCUT2D eigenvalue weighted by Gasteiger charge is 2.26. The lowest BCUT2D eigenvalue weighted by Gasteiger charge is -2.26. The van der Waals surface area contributed by atoms with Crippen LogP contribution in [0.25, 0.3) is 0 Å². The van der Waals surface area contributed by atoms with Gasteiger partial charge < -0.3 is 4.74 Å². The first-order valence-electron chi connectivity index (χ1n) is 6.84. The van der Waals surface area contributed by atoms with Crippen LogP contribution >= 0.6 is 0 Å². The van der Waals surface area contributed by atoms with Crippen LogP contribution in [0.5, 0.6) is 5.75 Å². The molecule has 0 radical (unpaired) electrons. The van der Waals surface area contributed by atoms with Gasteiger partial charge in [-0.15, -0.1) is 0 Å². The third-order valence-electron chi connectivity index (χ3n) is 3.53. The van der Waals surface area contributed by atoms with Crippen LogP contribution in [-0.2, 0) is 10.0 Å². The van der Waals surface area contributed by atoms with Gasteiger partial charge in [0.25, 0.3) is 0 Å². The van der Waals surface area contributed by atoms with Crippen LogP contribution in [0.3, 0.4) is 0 Å². The number of nitrogens with zero attached hydrogens (tertiary/aromatic N) is 1. The van der Waals surface area contributed by atoms with Gasteiger partial charge in [0.1, 0.15) is 5.75 Å². The molecule has 0 fully saturated rings. The van der Waals surface area contributed by atoms with Crippen molar-refractivity contribution in [1.82, 2.24) is 4.72 Å². The SMILES string of the molecule is N#Cc1cccc(S(=O)(=O)NC2CCOc3ccccc32)c1. The van der Waals surface area contributed by atoms with Crippen molar-refractivity contribution >= 4 is 10.0 Å². The Morgan fingerprint density at radius 3 is 2.82 bits per heavy atom. The summed E-state index contributed by atoms with van der Waals surface area (Å²) >= 11 is 0. The van der Waals surface area contributed by atoms with Crippen molar-refractivity contribution in [3.8, 4) is 11.8 Å². The van der Waals surface area contributed by atoms with Crippen LogP contribution in [0.1, 0.15) is 23.6 Å². The highest BCUT2D eigenvalue weighted by atomic mass is 32.2. The molecule has 1 N–H and O–H groups in total. The zero-order valence-electron chi connectivity index (χ0n) is 11.7. The topological polar surface area (TPSA) is 79.2 Å². The van der Waals surface area contributed by atoms with E-state index in [1.165, 1.54) is 12.1 Å². The molecule has 2 aromatic rings. The van der Waals surface area contributed by atoms with Gasteiger partial charge in [0.2, 0.25) is 10.0 Å². The summed E-state index contributed by atoms with van der Waals surface area (Å²) in [5, 5.41) is 8.90. The van der Waals surface area contributed by atoms with Crippen LogP contribution in [0.4, 0.5) is 0 Å². The van der Waals surface area contributed by atoms with Gasteiger partial charge in [-0.25, -0.2) is 13.1 Å². The average molecular weight is 314 g/mol. The molecule has 0 bridgehead atoms. The summed E-state index contributed by atoms with van der Waals surface area (Å²) in [4.78, 5) is 0.0931. The third-order valence-corrected chi connectivity index (χ3v) is 5.00. The van der Waals surface area contributed by atoms with E-state index in [4.69, 9.17) is 10.00 Å². The molecule has 6 heteroatoms. The molecule has 1 heterocycles. The first kappa shape index (κ1) is 14.6. The minimum atomic E-state index is -3.69. The molecule has 1 aliphatic rings. The smallest absolute Gasteiger partial charge is 0.241 e. The van der Waals surface area contributed by atoms with Gasteiger partial charge in [-0.1, -0.05) is 24.3 Å². The predicted molar refractivity (Wildman–Crippen MR) is 80.8 cm³/mol. The lowest BCUT2D eigenvalue weighted by atomic mass is 10.0.